The van der Waals surface area contributed by atoms with Gasteiger partial charge in [0.15, 0.2) is 0 Å². The lowest BCUT2D eigenvalue weighted by atomic mass is 10.2. The molecule has 6 heteroatoms. The first-order chi connectivity index (χ1) is 10.7. The fourth-order valence-electron chi connectivity index (χ4n) is 1.66. The number of hydrogen-bond donors (Lipinski definition) is 1. The lowest BCUT2D eigenvalue weighted by molar-refractivity contribution is -0.118. The van der Waals surface area contributed by atoms with E-state index in [4.69, 9.17) is 11.6 Å². The molecule has 0 spiro atoms. The van der Waals surface area contributed by atoms with Gasteiger partial charge in [0.1, 0.15) is 0 Å². The minimum atomic E-state index is -0.139. The van der Waals surface area contributed by atoms with Gasteiger partial charge in [-0.15, -0.1) is 11.8 Å². The Bertz CT molecular complexity index is 679. The Morgan fingerprint density at radius 1 is 1.23 bits per heavy atom. The first-order valence-electron chi connectivity index (χ1n) is 6.54. The van der Waals surface area contributed by atoms with Crippen LogP contribution in [0.15, 0.2) is 58.1 Å². The van der Waals surface area contributed by atoms with Gasteiger partial charge in [-0.1, -0.05) is 63.9 Å². The molecule has 0 saturated carbocycles. The summed E-state index contributed by atoms with van der Waals surface area (Å²) >= 11 is 11.0. The zero-order chi connectivity index (χ0) is 15.8. The Balaban J connectivity index is 1.75. The van der Waals surface area contributed by atoms with E-state index in [0.717, 1.165) is 20.6 Å². The number of hydrogen-bond acceptors (Lipinski definition) is 3. The fraction of sp³-hybridized carbons (Fsp3) is 0.125. The molecule has 22 heavy (non-hydrogen) atoms. The Labute approximate surface area is 147 Å². The van der Waals surface area contributed by atoms with Gasteiger partial charge in [0.05, 0.1) is 12.0 Å². The molecule has 0 heterocycles. The van der Waals surface area contributed by atoms with Crippen LogP contribution in [-0.2, 0) is 10.5 Å². The predicted molar refractivity (Wildman–Crippen MR) is 97.5 cm³/mol. The van der Waals surface area contributed by atoms with Crippen molar-refractivity contribution in [2.45, 2.75) is 5.75 Å². The summed E-state index contributed by atoms with van der Waals surface area (Å²) in [5.41, 5.74) is 4.45. The van der Waals surface area contributed by atoms with Gasteiger partial charge in [-0.3, -0.25) is 4.79 Å². The molecule has 0 bridgehead atoms. The van der Waals surface area contributed by atoms with E-state index in [1.54, 1.807) is 6.21 Å². The smallest absolute Gasteiger partial charge is 0.250 e. The van der Waals surface area contributed by atoms with E-state index in [9.17, 15) is 4.79 Å². The minimum absolute atomic E-state index is 0.139. The van der Waals surface area contributed by atoms with Crippen LogP contribution in [0, 0.1) is 0 Å². The first-order valence-corrected chi connectivity index (χ1v) is 8.87. The average Bonchev–Trinajstić information content (AvgIpc) is 2.51. The van der Waals surface area contributed by atoms with E-state index in [2.05, 4.69) is 26.5 Å². The lowest BCUT2D eigenvalue weighted by Gasteiger charge is -2.03. The maximum absolute atomic E-state index is 11.7. The molecular weight excluding hydrogens is 384 g/mol. The summed E-state index contributed by atoms with van der Waals surface area (Å²) in [6.07, 6.45) is 1.61. The van der Waals surface area contributed by atoms with Crippen LogP contribution in [0.25, 0.3) is 0 Å². The predicted octanol–water partition coefficient (Wildman–Crippen LogP) is 4.49. The van der Waals surface area contributed by atoms with Gasteiger partial charge in [0.25, 0.3) is 0 Å². The minimum Gasteiger partial charge on any atom is -0.272 e. The van der Waals surface area contributed by atoms with E-state index >= 15 is 0 Å². The highest BCUT2D eigenvalue weighted by Gasteiger charge is 2.03. The van der Waals surface area contributed by atoms with E-state index in [1.165, 1.54) is 11.8 Å². The topological polar surface area (TPSA) is 41.5 Å². The number of amides is 1. The molecule has 0 unspecified atom stereocenters. The Morgan fingerprint density at radius 3 is 2.73 bits per heavy atom. The quantitative estimate of drug-likeness (QED) is 0.576. The van der Waals surface area contributed by atoms with Crippen molar-refractivity contribution in [1.82, 2.24) is 5.43 Å². The van der Waals surface area contributed by atoms with Gasteiger partial charge in [-0.25, -0.2) is 5.43 Å². The summed E-state index contributed by atoms with van der Waals surface area (Å²) in [6, 6.07) is 15.3. The second kappa shape index (κ2) is 8.98. The van der Waals surface area contributed by atoms with Crippen molar-refractivity contribution in [3.8, 4) is 0 Å². The summed E-state index contributed by atoms with van der Waals surface area (Å²) in [7, 11) is 0. The highest BCUT2D eigenvalue weighted by Crippen LogP contribution is 2.20. The summed E-state index contributed by atoms with van der Waals surface area (Å²) in [5, 5.41) is 4.68. The number of benzene rings is 2. The van der Waals surface area contributed by atoms with Crippen LogP contribution in [0.1, 0.15) is 11.1 Å². The van der Waals surface area contributed by atoms with Crippen molar-refractivity contribution in [2.24, 2.45) is 5.10 Å². The number of rotatable bonds is 6. The van der Waals surface area contributed by atoms with Crippen molar-refractivity contribution in [1.29, 1.82) is 0 Å². The number of thioether (sulfide) groups is 1. The number of halogens is 2. The van der Waals surface area contributed by atoms with Crippen LogP contribution in [0.2, 0.25) is 5.02 Å². The van der Waals surface area contributed by atoms with E-state index in [-0.39, 0.29) is 5.91 Å². The lowest BCUT2D eigenvalue weighted by Crippen LogP contribution is -2.19. The number of nitrogens with zero attached hydrogens (tertiary/aromatic N) is 1. The van der Waals surface area contributed by atoms with Crippen LogP contribution >= 0.6 is 39.3 Å². The zero-order valence-corrected chi connectivity index (χ0v) is 14.8. The van der Waals surface area contributed by atoms with Crippen LogP contribution in [0.3, 0.4) is 0 Å². The molecule has 114 valence electrons. The molecule has 0 aromatic heterocycles. The molecule has 0 fully saturated rings. The SMILES string of the molecule is O=C(CSCc1ccccc1Cl)N/N=C/c1ccccc1Br. The molecule has 0 radical (unpaired) electrons. The summed E-state index contributed by atoms with van der Waals surface area (Å²) in [6.45, 7) is 0. The zero-order valence-electron chi connectivity index (χ0n) is 11.6. The highest BCUT2D eigenvalue weighted by molar-refractivity contribution is 9.10. The van der Waals surface area contributed by atoms with Gasteiger partial charge < -0.3 is 0 Å². The second-order valence-electron chi connectivity index (χ2n) is 4.40. The van der Waals surface area contributed by atoms with Crippen LogP contribution in [-0.4, -0.2) is 17.9 Å². The maximum Gasteiger partial charge on any atom is 0.250 e. The first kappa shape index (κ1) is 17.1. The number of carbonyl (C=O) groups is 1. The molecule has 2 rings (SSSR count). The molecule has 0 aliphatic rings. The largest absolute Gasteiger partial charge is 0.272 e. The average molecular weight is 398 g/mol. The van der Waals surface area contributed by atoms with E-state index < -0.39 is 0 Å². The summed E-state index contributed by atoms with van der Waals surface area (Å²) in [5.74, 6) is 0.889. The molecule has 1 N–H and O–H groups in total. The van der Waals surface area contributed by atoms with Crippen molar-refractivity contribution in [2.75, 3.05) is 5.75 Å². The molecule has 1 amide bonds. The highest BCUT2D eigenvalue weighted by atomic mass is 79.9. The standard InChI is InChI=1S/C16H14BrClN2OS/c17-14-7-3-1-5-12(14)9-19-20-16(21)11-22-10-13-6-2-4-8-15(13)18/h1-9H,10-11H2,(H,20,21)/b19-9+. The third-order valence-electron chi connectivity index (χ3n) is 2.75. The fourth-order valence-corrected chi connectivity index (χ4v) is 3.15. The maximum atomic E-state index is 11.7. The molecule has 3 nitrogen and oxygen atoms in total. The number of carbonyl (C=O) groups excluding carboxylic acids is 1. The van der Waals surface area contributed by atoms with E-state index in [1.807, 2.05) is 48.5 Å². The van der Waals surface area contributed by atoms with Gasteiger partial charge in [0, 0.05) is 20.8 Å². The van der Waals surface area contributed by atoms with Crippen molar-refractivity contribution >= 4 is 51.4 Å². The van der Waals surface area contributed by atoms with Crippen LogP contribution in [0.5, 0.6) is 0 Å². The molecule has 0 atom stereocenters. The summed E-state index contributed by atoms with van der Waals surface area (Å²) < 4.78 is 0.932. The van der Waals surface area contributed by atoms with Crippen LogP contribution < -0.4 is 5.43 Å². The van der Waals surface area contributed by atoms with E-state index in [0.29, 0.717) is 11.5 Å². The Morgan fingerprint density at radius 2 is 1.95 bits per heavy atom. The Hall–Kier alpha value is -1.30. The molecule has 2 aromatic rings. The number of nitrogens with one attached hydrogen (secondary N) is 1. The van der Waals surface area contributed by atoms with Crippen molar-refractivity contribution < 1.29 is 4.79 Å². The molecule has 2 aromatic carbocycles. The molecule has 0 aliphatic carbocycles. The number of hydrazone groups is 1. The third-order valence-corrected chi connectivity index (χ3v) is 4.82. The van der Waals surface area contributed by atoms with Crippen molar-refractivity contribution in [3.63, 3.8) is 0 Å². The van der Waals surface area contributed by atoms with Gasteiger partial charge in [0.2, 0.25) is 5.91 Å². The summed E-state index contributed by atoms with van der Waals surface area (Å²) in [4.78, 5) is 11.7. The second-order valence-corrected chi connectivity index (χ2v) is 6.65. The Kier molecular flexibility index (Phi) is 6.96. The van der Waals surface area contributed by atoms with Gasteiger partial charge >= 0.3 is 0 Å². The van der Waals surface area contributed by atoms with Crippen LogP contribution in [0.4, 0.5) is 0 Å². The third kappa shape index (κ3) is 5.48. The van der Waals surface area contributed by atoms with Gasteiger partial charge in [-0.05, 0) is 17.7 Å². The van der Waals surface area contributed by atoms with Crippen molar-refractivity contribution in [3.05, 3.63) is 69.2 Å². The molecular formula is C16H14BrClN2OS. The van der Waals surface area contributed by atoms with Gasteiger partial charge in [-0.2, -0.15) is 5.10 Å². The monoisotopic (exact) mass is 396 g/mol. The molecule has 0 aliphatic heterocycles. The molecule has 0 saturated heterocycles. The normalized spacial score (nSPS) is 10.8.